The van der Waals surface area contributed by atoms with E-state index in [4.69, 9.17) is 4.74 Å². The average Bonchev–Trinajstić information content (AvgIpc) is 2.76. The van der Waals surface area contributed by atoms with Crippen LogP contribution in [0.1, 0.15) is 128 Å². The summed E-state index contributed by atoms with van der Waals surface area (Å²) in [5.41, 5.74) is 0.608. The maximum absolute atomic E-state index is 11.8. The third-order valence-corrected chi connectivity index (χ3v) is 5.90. The molecule has 1 aromatic carbocycles. The summed E-state index contributed by atoms with van der Waals surface area (Å²) in [6, 6.07) is 6.23. The third kappa shape index (κ3) is 15.8. The van der Waals surface area contributed by atoms with Crippen molar-refractivity contribution < 1.29 is 19.7 Å². The van der Waals surface area contributed by atoms with Crippen LogP contribution in [0, 0.1) is 0 Å². The molecule has 0 saturated heterocycles. The van der Waals surface area contributed by atoms with E-state index in [9.17, 15) is 15.0 Å². The lowest BCUT2D eigenvalue weighted by Gasteiger charge is -2.11. The fraction of sp³-hybridized carbons (Fsp3) is 0.741. The van der Waals surface area contributed by atoms with Gasteiger partial charge >= 0.3 is 5.97 Å². The summed E-state index contributed by atoms with van der Waals surface area (Å²) in [5, 5.41) is 19.3. The molecule has 0 heterocycles. The molecule has 0 aliphatic carbocycles. The monoisotopic (exact) mass is 434 g/mol. The van der Waals surface area contributed by atoms with Crippen molar-refractivity contribution in [2.24, 2.45) is 0 Å². The van der Waals surface area contributed by atoms with E-state index in [0.717, 1.165) is 12.8 Å². The van der Waals surface area contributed by atoms with Gasteiger partial charge in [-0.25, -0.2) is 0 Å². The largest absolute Gasteiger partial charge is 0.508 e. The Morgan fingerprint density at radius 3 is 1.61 bits per heavy atom. The molecule has 4 nitrogen and oxygen atoms in total. The third-order valence-electron chi connectivity index (χ3n) is 5.90. The number of hydrogen-bond donors (Lipinski definition) is 2. The minimum atomic E-state index is -0.890. The Hall–Kier alpha value is -1.55. The highest BCUT2D eigenvalue weighted by Gasteiger charge is 2.14. The molecule has 2 N–H and O–H groups in total. The molecule has 1 atom stereocenters. The summed E-state index contributed by atoms with van der Waals surface area (Å²) < 4.78 is 5.23. The number of phenols is 1. The lowest BCUT2D eigenvalue weighted by Crippen LogP contribution is -2.11. The maximum atomic E-state index is 11.8. The van der Waals surface area contributed by atoms with Crippen molar-refractivity contribution in [2.45, 2.75) is 122 Å². The van der Waals surface area contributed by atoms with E-state index in [1.807, 2.05) is 0 Å². The van der Waals surface area contributed by atoms with Crippen LogP contribution in [-0.4, -0.2) is 22.8 Å². The first-order valence-corrected chi connectivity index (χ1v) is 12.8. The van der Waals surface area contributed by atoms with E-state index in [2.05, 4.69) is 6.92 Å². The van der Waals surface area contributed by atoms with Gasteiger partial charge in [0.2, 0.25) is 0 Å². The molecule has 1 unspecified atom stereocenters. The molecule has 178 valence electrons. The van der Waals surface area contributed by atoms with Gasteiger partial charge in [0.1, 0.15) is 5.75 Å². The van der Waals surface area contributed by atoms with Gasteiger partial charge in [0.05, 0.1) is 19.1 Å². The Balaban J connectivity index is 1.83. The van der Waals surface area contributed by atoms with Gasteiger partial charge in [-0.15, -0.1) is 0 Å². The van der Waals surface area contributed by atoms with Crippen molar-refractivity contribution in [1.82, 2.24) is 0 Å². The molecule has 4 heteroatoms. The summed E-state index contributed by atoms with van der Waals surface area (Å²) in [7, 11) is 0. The summed E-state index contributed by atoms with van der Waals surface area (Å²) in [6.45, 7) is 2.70. The molecular formula is C27H46O4. The van der Waals surface area contributed by atoms with Crippen LogP contribution in [0.3, 0.4) is 0 Å². The normalized spacial score (nSPS) is 12.1. The number of benzene rings is 1. The molecule has 0 aliphatic rings. The fourth-order valence-corrected chi connectivity index (χ4v) is 3.87. The van der Waals surface area contributed by atoms with Gasteiger partial charge in [-0.2, -0.15) is 0 Å². The highest BCUT2D eigenvalue weighted by Crippen LogP contribution is 2.20. The van der Waals surface area contributed by atoms with Crippen molar-refractivity contribution in [2.75, 3.05) is 6.61 Å². The molecule has 31 heavy (non-hydrogen) atoms. The van der Waals surface area contributed by atoms with Gasteiger partial charge in [0, 0.05) is 0 Å². The van der Waals surface area contributed by atoms with E-state index in [0.29, 0.717) is 12.2 Å². The number of aliphatic hydroxyl groups is 1. The number of rotatable bonds is 20. The quantitative estimate of drug-likeness (QED) is 0.164. The van der Waals surface area contributed by atoms with E-state index >= 15 is 0 Å². The predicted octanol–water partition coefficient (Wildman–Crippen LogP) is 7.62. The van der Waals surface area contributed by atoms with Crippen LogP contribution < -0.4 is 0 Å². The van der Waals surface area contributed by atoms with Gasteiger partial charge in [0.25, 0.3) is 0 Å². The Morgan fingerprint density at radius 1 is 0.742 bits per heavy atom. The number of carbonyl (C=O) groups is 1. The average molecular weight is 435 g/mol. The van der Waals surface area contributed by atoms with Crippen LogP contribution in [0.2, 0.25) is 0 Å². The smallest absolute Gasteiger partial charge is 0.308 e. The number of hydrogen-bond acceptors (Lipinski definition) is 4. The number of ether oxygens (including phenoxy) is 1. The summed E-state index contributed by atoms with van der Waals surface area (Å²) in [5.74, 6) is -0.233. The van der Waals surface area contributed by atoms with Gasteiger partial charge in [0.15, 0.2) is 0 Å². The van der Waals surface area contributed by atoms with Gasteiger partial charge < -0.3 is 14.9 Å². The van der Waals surface area contributed by atoms with Gasteiger partial charge in [-0.3, -0.25) is 4.79 Å². The van der Waals surface area contributed by atoms with Gasteiger partial charge in [-0.1, -0.05) is 115 Å². The summed E-state index contributed by atoms with van der Waals surface area (Å²) >= 11 is 0. The Kier molecular flexibility index (Phi) is 17.0. The molecule has 0 aromatic heterocycles. The van der Waals surface area contributed by atoms with E-state index in [1.54, 1.807) is 12.1 Å². The molecule has 0 fully saturated rings. The zero-order chi connectivity index (χ0) is 22.6. The highest BCUT2D eigenvalue weighted by atomic mass is 16.5. The van der Waals surface area contributed by atoms with Crippen LogP contribution in [0.4, 0.5) is 0 Å². The number of carbonyl (C=O) groups excluding carboxylic acids is 1. The first-order chi connectivity index (χ1) is 15.1. The van der Waals surface area contributed by atoms with Crippen molar-refractivity contribution in [3.8, 4) is 5.75 Å². The van der Waals surface area contributed by atoms with Crippen LogP contribution in [0.5, 0.6) is 5.75 Å². The van der Waals surface area contributed by atoms with Crippen molar-refractivity contribution in [3.05, 3.63) is 29.8 Å². The Morgan fingerprint density at radius 2 is 1.16 bits per heavy atom. The number of aliphatic hydroxyl groups excluding tert-OH is 1. The van der Waals surface area contributed by atoms with E-state index < -0.39 is 6.10 Å². The molecule has 1 rings (SSSR count). The Labute approximate surface area is 190 Å². The highest BCUT2D eigenvalue weighted by molar-refractivity contribution is 5.70. The number of esters is 1. The summed E-state index contributed by atoms with van der Waals surface area (Å²) in [4.78, 5) is 11.8. The minimum absolute atomic E-state index is 0.0520. The van der Waals surface area contributed by atoms with Crippen LogP contribution >= 0.6 is 0 Å². The second-order valence-corrected chi connectivity index (χ2v) is 8.84. The SMILES string of the molecule is CCCCCCCCCCCCCCCCCCOC(=O)CC(O)c1ccc(O)cc1. The topological polar surface area (TPSA) is 66.8 Å². The lowest BCUT2D eigenvalue weighted by atomic mass is 10.0. The van der Waals surface area contributed by atoms with Crippen molar-refractivity contribution in [3.63, 3.8) is 0 Å². The molecule has 0 bridgehead atoms. The second kappa shape index (κ2) is 19.2. The predicted molar refractivity (Wildman–Crippen MR) is 128 cm³/mol. The molecule has 0 radical (unpaired) electrons. The lowest BCUT2D eigenvalue weighted by molar-refractivity contribution is -0.146. The second-order valence-electron chi connectivity index (χ2n) is 8.84. The number of phenolic OH excluding ortho intramolecular Hbond substituents is 1. The van der Waals surface area contributed by atoms with Crippen LogP contribution in [0.15, 0.2) is 24.3 Å². The van der Waals surface area contributed by atoms with E-state index in [1.165, 1.54) is 102 Å². The molecule has 0 spiro atoms. The standard InChI is InChI=1S/C27H46O4/c1-2-3-4-5-6-7-8-9-10-11-12-13-14-15-16-17-22-31-27(30)23-26(29)24-18-20-25(28)21-19-24/h18-21,26,28-29H,2-17,22-23H2,1H3. The zero-order valence-electron chi connectivity index (χ0n) is 19.8. The molecule has 0 saturated carbocycles. The Bertz CT molecular complexity index is 541. The first kappa shape index (κ1) is 27.5. The van der Waals surface area contributed by atoms with Gasteiger partial charge in [-0.05, 0) is 24.1 Å². The zero-order valence-corrected chi connectivity index (χ0v) is 19.8. The van der Waals surface area contributed by atoms with Crippen molar-refractivity contribution in [1.29, 1.82) is 0 Å². The fourth-order valence-electron chi connectivity index (χ4n) is 3.87. The maximum Gasteiger partial charge on any atom is 0.308 e. The van der Waals surface area contributed by atoms with Crippen molar-refractivity contribution >= 4 is 5.97 Å². The van der Waals surface area contributed by atoms with E-state index in [-0.39, 0.29) is 18.1 Å². The number of unbranched alkanes of at least 4 members (excludes halogenated alkanes) is 15. The molecule has 0 amide bonds. The van der Waals surface area contributed by atoms with Crippen LogP contribution in [-0.2, 0) is 9.53 Å². The molecular weight excluding hydrogens is 388 g/mol. The summed E-state index contributed by atoms with van der Waals surface area (Å²) in [6.07, 6.45) is 20.2. The first-order valence-electron chi connectivity index (χ1n) is 12.8. The van der Waals surface area contributed by atoms with Crippen LogP contribution in [0.25, 0.3) is 0 Å². The number of aromatic hydroxyl groups is 1. The molecule has 1 aromatic rings. The minimum Gasteiger partial charge on any atom is -0.508 e. The molecule has 0 aliphatic heterocycles.